The van der Waals surface area contributed by atoms with E-state index in [1.54, 1.807) is 0 Å². The van der Waals surface area contributed by atoms with E-state index in [0.717, 1.165) is 5.69 Å². The summed E-state index contributed by atoms with van der Waals surface area (Å²) >= 11 is 0. The molecule has 0 aliphatic carbocycles. The van der Waals surface area contributed by atoms with E-state index in [-0.39, 0.29) is 11.6 Å². The number of rotatable bonds is 2. The Morgan fingerprint density at radius 3 is 2.42 bits per heavy atom. The van der Waals surface area contributed by atoms with E-state index in [1.165, 1.54) is 12.4 Å². The van der Waals surface area contributed by atoms with Crippen LogP contribution in [0.1, 0.15) is 35.9 Å². The topological polar surface area (TPSA) is 63.1 Å². The van der Waals surface area contributed by atoms with Gasteiger partial charge in [-0.25, -0.2) is 9.78 Å². The Morgan fingerprint density at radius 2 is 2.08 bits per heavy atom. The minimum absolute atomic E-state index is 0.0144. The highest BCUT2D eigenvalue weighted by molar-refractivity contribution is 5.84. The molecule has 64 valence electrons. The Balaban J connectivity index is 2.93. The van der Waals surface area contributed by atoms with Gasteiger partial charge in [-0.1, -0.05) is 13.8 Å². The molecule has 0 amide bonds. The van der Waals surface area contributed by atoms with Crippen molar-refractivity contribution in [2.75, 3.05) is 0 Å². The first-order valence-electron chi connectivity index (χ1n) is 3.66. The van der Waals surface area contributed by atoms with Gasteiger partial charge in [0.25, 0.3) is 0 Å². The molecule has 1 aromatic rings. The number of hydrogen-bond donors (Lipinski definition) is 1. The van der Waals surface area contributed by atoms with Crippen molar-refractivity contribution in [3.63, 3.8) is 0 Å². The van der Waals surface area contributed by atoms with Crippen LogP contribution in [0.15, 0.2) is 12.4 Å². The van der Waals surface area contributed by atoms with Crippen molar-refractivity contribution in [3.8, 4) is 0 Å². The normalized spacial score (nSPS) is 10.2. The van der Waals surface area contributed by atoms with Gasteiger partial charge in [-0.05, 0) is 5.92 Å². The summed E-state index contributed by atoms with van der Waals surface area (Å²) in [4.78, 5) is 18.1. The van der Waals surface area contributed by atoms with Crippen LogP contribution < -0.4 is 0 Å². The van der Waals surface area contributed by atoms with Crippen LogP contribution in [0.5, 0.6) is 0 Å². The summed E-state index contributed by atoms with van der Waals surface area (Å²) < 4.78 is 0. The molecule has 1 aromatic heterocycles. The minimum Gasteiger partial charge on any atom is -0.476 e. The molecule has 0 aliphatic rings. The summed E-state index contributed by atoms with van der Waals surface area (Å²) in [6.07, 6.45) is 2.77. The van der Waals surface area contributed by atoms with Crippen molar-refractivity contribution in [1.82, 2.24) is 9.97 Å². The SMILES string of the molecule is CC(C)c1cnc(C(=O)O)cn1. The molecule has 1 N–H and O–H groups in total. The van der Waals surface area contributed by atoms with E-state index in [9.17, 15) is 4.79 Å². The fraction of sp³-hybridized carbons (Fsp3) is 0.375. The molecule has 12 heavy (non-hydrogen) atoms. The number of carbonyl (C=O) groups is 1. The summed E-state index contributed by atoms with van der Waals surface area (Å²) in [5, 5.41) is 8.51. The second-order valence-corrected chi connectivity index (χ2v) is 2.79. The van der Waals surface area contributed by atoms with Crippen molar-refractivity contribution in [1.29, 1.82) is 0 Å². The van der Waals surface area contributed by atoms with Crippen molar-refractivity contribution in [2.24, 2.45) is 0 Å². The third-order valence-electron chi connectivity index (χ3n) is 1.48. The maximum atomic E-state index is 10.4. The number of carboxylic acid groups (broad SMARTS) is 1. The van der Waals surface area contributed by atoms with E-state index >= 15 is 0 Å². The smallest absolute Gasteiger partial charge is 0.356 e. The Hall–Kier alpha value is -1.45. The van der Waals surface area contributed by atoms with Gasteiger partial charge in [0, 0.05) is 6.20 Å². The summed E-state index contributed by atoms with van der Waals surface area (Å²) in [5.74, 6) is -0.766. The third-order valence-corrected chi connectivity index (χ3v) is 1.48. The highest BCUT2D eigenvalue weighted by Crippen LogP contribution is 2.08. The van der Waals surface area contributed by atoms with Crippen LogP contribution in [0, 0.1) is 0 Å². The van der Waals surface area contributed by atoms with E-state index in [1.807, 2.05) is 13.8 Å². The second-order valence-electron chi connectivity index (χ2n) is 2.79. The van der Waals surface area contributed by atoms with Gasteiger partial charge in [0.15, 0.2) is 5.69 Å². The van der Waals surface area contributed by atoms with Crippen molar-refractivity contribution in [3.05, 3.63) is 23.8 Å². The molecule has 4 nitrogen and oxygen atoms in total. The first-order valence-corrected chi connectivity index (χ1v) is 3.66. The molecule has 1 rings (SSSR count). The molecule has 0 fully saturated rings. The minimum atomic E-state index is -1.04. The highest BCUT2D eigenvalue weighted by Gasteiger charge is 2.06. The summed E-state index contributed by atoms with van der Waals surface area (Å²) in [5.41, 5.74) is 0.791. The maximum absolute atomic E-state index is 10.4. The molecular weight excluding hydrogens is 156 g/mol. The Bertz CT molecular complexity index is 280. The Labute approximate surface area is 70.3 Å². The number of carboxylic acids is 1. The van der Waals surface area contributed by atoms with E-state index in [4.69, 9.17) is 5.11 Å². The molecule has 0 saturated carbocycles. The molecule has 1 heterocycles. The van der Waals surface area contributed by atoms with Gasteiger partial charge in [0.05, 0.1) is 11.9 Å². The van der Waals surface area contributed by atoms with Gasteiger partial charge < -0.3 is 5.11 Å². The van der Waals surface area contributed by atoms with Gasteiger partial charge in [-0.3, -0.25) is 4.98 Å². The third kappa shape index (κ3) is 1.78. The average molecular weight is 166 g/mol. The molecule has 0 saturated heterocycles. The molecule has 0 aromatic carbocycles. The molecule has 0 atom stereocenters. The first-order chi connectivity index (χ1) is 5.61. The van der Waals surface area contributed by atoms with Crippen LogP contribution in [-0.2, 0) is 0 Å². The monoisotopic (exact) mass is 166 g/mol. The molecule has 0 bridgehead atoms. The maximum Gasteiger partial charge on any atom is 0.356 e. The van der Waals surface area contributed by atoms with Gasteiger partial charge in [-0.15, -0.1) is 0 Å². The lowest BCUT2D eigenvalue weighted by Gasteiger charge is -2.01. The zero-order valence-electron chi connectivity index (χ0n) is 6.98. The van der Waals surface area contributed by atoms with E-state index in [2.05, 4.69) is 9.97 Å². The van der Waals surface area contributed by atoms with Crippen molar-refractivity contribution < 1.29 is 9.90 Å². The molecule has 0 radical (unpaired) electrons. The lowest BCUT2D eigenvalue weighted by Crippen LogP contribution is -2.03. The summed E-state index contributed by atoms with van der Waals surface area (Å²) in [6, 6.07) is 0. The lowest BCUT2D eigenvalue weighted by atomic mass is 10.1. The van der Waals surface area contributed by atoms with Crippen LogP contribution in [0.4, 0.5) is 0 Å². The number of aromatic carboxylic acids is 1. The van der Waals surface area contributed by atoms with Gasteiger partial charge in [0.2, 0.25) is 0 Å². The van der Waals surface area contributed by atoms with Crippen LogP contribution in [-0.4, -0.2) is 21.0 Å². The highest BCUT2D eigenvalue weighted by atomic mass is 16.4. The average Bonchev–Trinajstić information content (AvgIpc) is 2.04. The number of nitrogens with zero attached hydrogens (tertiary/aromatic N) is 2. The number of aromatic nitrogens is 2. The quantitative estimate of drug-likeness (QED) is 0.719. The first kappa shape index (κ1) is 8.64. The Morgan fingerprint density at radius 1 is 1.42 bits per heavy atom. The van der Waals surface area contributed by atoms with Crippen LogP contribution in [0.2, 0.25) is 0 Å². The van der Waals surface area contributed by atoms with Crippen LogP contribution in [0.3, 0.4) is 0 Å². The second kappa shape index (κ2) is 3.30. The van der Waals surface area contributed by atoms with Crippen LogP contribution >= 0.6 is 0 Å². The van der Waals surface area contributed by atoms with E-state index in [0.29, 0.717) is 0 Å². The molecule has 4 heteroatoms. The summed E-state index contributed by atoms with van der Waals surface area (Å²) in [7, 11) is 0. The van der Waals surface area contributed by atoms with Gasteiger partial charge in [0.1, 0.15) is 0 Å². The number of hydrogen-bond acceptors (Lipinski definition) is 3. The molecule has 0 unspecified atom stereocenters. The lowest BCUT2D eigenvalue weighted by molar-refractivity contribution is 0.0690. The Kier molecular flexibility index (Phi) is 2.38. The molecule has 0 spiro atoms. The van der Waals surface area contributed by atoms with E-state index < -0.39 is 5.97 Å². The van der Waals surface area contributed by atoms with Crippen molar-refractivity contribution in [2.45, 2.75) is 19.8 Å². The van der Waals surface area contributed by atoms with Crippen LogP contribution in [0.25, 0.3) is 0 Å². The molecular formula is C8H10N2O2. The summed E-state index contributed by atoms with van der Waals surface area (Å²) in [6.45, 7) is 3.95. The largest absolute Gasteiger partial charge is 0.476 e. The van der Waals surface area contributed by atoms with Crippen molar-refractivity contribution >= 4 is 5.97 Å². The fourth-order valence-corrected chi connectivity index (χ4v) is 0.747. The molecule has 0 aliphatic heterocycles. The zero-order chi connectivity index (χ0) is 9.14. The van der Waals surface area contributed by atoms with Gasteiger partial charge >= 0.3 is 5.97 Å². The zero-order valence-corrected chi connectivity index (χ0v) is 6.98. The predicted octanol–water partition coefficient (Wildman–Crippen LogP) is 1.30. The van der Waals surface area contributed by atoms with Gasteiger partial charge in [-0.2, -0.15) is 0 Å². The fourth-order valence-electron chi connectivity index (χ4n) is 0.747. The predicted molar refractivity (Wildman–Crippen MR) is 43.1 cm³/mol. The standard InChI is InChI=1S/C8H10N2O2/c1-5(2)6-3-10-7(4-9-6)8(11)12/h3-5H,1-2H3,(H,11,12).